The van der Waals surface area contributed by atoms with Gasteiger partial charge in [0, 0.05) is 23.5 Å². The summed E-state index contributed by atoms with van der Waals surface area (Å²) in [4.78, 5) is 32.4. The maximum atomic E-state index is 13.1. The average molecular weight is 499 g/mol. The number of anilines is 1. The Morgan fingerprint density at radius 2 is 1.70 bits per heavy atom. The summed E-state index contributed by atoms with van der Waals surface area (Å²) in [5.74, 6) is 0.0723. The van der Waals surface area contributed by atoms with Gasteiger partial charge in [0.2, 0.25) is 17.8 Å². The molecule has 0 aliphatic carbocycles. The van der Waals surface area contributed by atoms with Gasteiger partial charge in [-0.15, -0.1) is 0 Å². The van der Waals surface area contributed by atoms with Crippen LogP contribution in [0.1, 0.15) is 19.4 Å². The Morgan fingerprint density at radius 1 is 1.03 bits per heavy atom. The van der Waals surface area contributed by atoms with Crippen LogP contribution in [0.25, 0.3) is 16.9 Å². The molecule has 0 fully saturated rings. The molecule has 8 nitrogen and oxygen atoms in total. The van der Waals surface area contributed by atoms with Gasteiger partial charge in [0.1, 0.15) is 6.54 Å². The van der Waals surface area contributed by atoms with Crippen LogP contribution in [-0.4, -0.2) is 51.1 Å². The molecule has 0 atom stereocenters. The van der Waals surface area contributed by atoms with Crippen LogP contribution in [0.4, 0.5) is 5.95 Å². The minimum atomic E-state index is -0.359. The summed E-state index contributed by atoms with van der Waals surface area (Å²) in [6.45, 7) is 3.57. The fourth-order valence-corrected chi connectivity index (χ4v) is 4.00. The average Bonchev–Trinajstić information content (AvgIpc) is 3.32. The number of aromatic hydroxyl groups is 1. The molecule has 1 aromatic heterocycles. The van der Waals surface area contributed by atoms with Crippen molar-refractivity contribution < 1.29 is 19.4 Å². The Bertz CT molecular complexity index is 1370. The number of methoxy groups -OCH3 is 1. The highest BCUT2D eigenvalue weighted by molar-refractivity contribution is 5.94. The molecule has 0 radical (unpaired) electrons. The third kappa shape index (κ3) is 6.16. The van der Waals surface area contributed by atoms with Crippen molar-refractivity contribution in [2.24, 2.45) is 0 Å². The van der Waals surface area contributed by atoms with E-state index in [1.807, 2.05) is 85.3 Å². The minimum Gasteiger partial charge on any atom is -0.504 e. The molecule has 190 valence electrons. The van der Waals surface area contributed by atoms with E-state index in [-0.39, 0.29) is 36.6 Å². The number of rotatable bonds is 9. The first-order chi connectivity index (χ1) is 17.9. The number of phenolic OH excluding ortho intramolecular Hbond substituents is 1. The van der Waals surface area contributed by atoms with Crippen molar-refractivity contribution >= 4 is 17.8 Å². The number of carbonyl (C=O) groups is 2. The third-order valence-corrected chi connectivity index (χ3v) is 5.92. The van der Waals surface area contributed by atoms with Gasteiger partial charge in [-0.1, -0.05) is 54.6 Å². The lowest BCUT2D eigenvalue weighted by atomic mass is 10.1. The van der Waals surface area contributed by atoms with E-state index in [1.54, 1.807) is 12.1 Å². The van der Waals surface area contributed by atoms with Crippen molar-refractivity contribution in [3.8, 4) is 28.4 Å². The summed E-state index contributed by atoms with van der Waals surface area (Å²) < 4.78 is 6.89. The van der Waals surface area contributed by atoms with Crippen LogP contribution in [0.15, 0.2) is 85.1 Å². The highest BCUT2D eigenvalue weighted by Gasteiger charge is 2.22. The summed E-state index contributed by atoms with van der Waals surface area (Å²) in [7, 11) is 1.46. The number of hydrogen-bond acceptors (Lipinski definition) is 5. The van der Waals surface area contributed by atoms with Crippen LogP contribution in [0.5, 0.6) is 11.5 Å². The van der Waals surface area contributed by atoms with E-state index >= 15 is 0 Å². The van der Waals surface area contributed by atoms with Gasteiger partial charge in [0.15, 0.2) is 11.5 Å². The number of carbonyl (C=O) groups excluding carboxylic acids is 2. The minimum absolute atomic E-state index is 0.0383. The van der Waals surface area contributed by atoms with Crippen LogP contribution in [0.2, 0.25) is 0 Å². The summed E-state index contributed by atoms with van der Waals surface area (Å²) in [5.41, 5.74) is 3.12. The number of amides is 2. The third-order valence-electron chi connectivity index (χ3n) is 5.92. The lowest BCUT2D eigenvalue weighted by molar-refractivity contribution is -0.135. The van der Waals surface area contributed by atoms with Gasteiger partial charge in [-0.25, -0.2) is 4.98 Å². The van der Waals surface area contributed by atoms with Gasteiger partial charge in [-0.2, -0.15) is 0 Å². The predicted octanol–water partition coefficient (Wildman–Crippen LogP) is 4.67. The van der Waals surface area contributed by atoms with Crippen molar-refractivity contribution in [2.45, 2.75) is 26.3 Å². The molecule has 4 rings (SSSR count). The number of nitrogens with one attached hydrogen (secondary N) is 1. The summed E-state index contributed by atoms with van der Waals surface area (Å²) >= 11 is 0. The van der Waals surface area contributed by atoms with Crippen molar-refractivity contribution in [3.05, 3.63) is 90.6 Å². The molecular formula is C29H30N4O4. The number of hydrogen-bond donors (Lipinski definition) is 2. The van der Waals surface area contributed by atoms with Crippen LogP contribution in [0.3, 0.4) is 0 Å². The van der Waals surface area contributed by atoms with Crippen molar-refractivity contribution in [1.82, 2.24) is 14.5 Å². The smallest absolute Gasteiger partial charge is 0.246 e. The fraction of sp³-hybridized carbons (Fsp3) is 0.207. The van der Waals surface area contributed by atoms with E-state index in [0.717, 1.165) is 16.9 Å². The maximum absolute atomic E-state index is 13.1. The normalized spacial score (nSPS) is 10.8. The molecule has 37 heavy (non-hydrogen) atoms. The quantitative estimate of drug-likeness (QED) is 0.350. The number of aromatic nitrogens is 2. The zero-order valence-electron chi connectivity index (χ0n) is 21.1. The molecule has 0 aliphatic rings. The largest absolute Gasteiger partial charge is 0.504 e. The van der Waals surface area contributed by atoms with Crippen LogP contribution in [0, 0.1) is 0 Å². The molecule has 0 unspecified atom stereocenters. The molecule has 4 aromatic rings. The first-order valence-electron chi connectivity index (χ1n) is 12.0. The monoisotopic (exact) mass is 498 g/mol. The molecule has 0 spiro atoms. The fourth-order valence-electron chi connectivity index (χ4n) is 4.00. The summed E-state index contributed by atoms with van der Waals surface area (Å²) in [6.07, 6.45) is 1.92. The van der Waals surface area contributed by atoms with Crippen molar-refractivity contribution in [3.63, 3.8) is 0 Å². The van der Waals surface area contributed by atoms with Gasteiger partial charge < -0.3 is 14.7 Å². The Kier molecular flexibility index (Phi) is 7.88. The molecule has 2 N–H and O–H groups in total. The standard InChI is InChI=1S/C29H30N4O4/c1-20(2)32(28(36)17-21-14-15-26(37-3)25(34)16-21)19-27(35)31-29-30-24(22-10-6-4-7-11-22)18-33(29)23-12-8-5-9-13-23/h4-16,18,20,34H,17,19H2,1-3H3,(H,30,31,35). The maximum Gasteiger partial charge on any atom is 0.246 e. The Balaban J connectivity index is 1.53. The van der Waals surface area contributed by atoms with E-state index in [9.17, 15) is 14.7 Å². The lowest BCUT2D eigenvalue weighted by Gasteiger charge is -2.26. The molecule has 0 aliphatic heterocycles. The van der Waals surface area contributed by atoms with Crippen LogP contribution in [-0.2, 0) is 16.0 Å². The second kappa shape index (κ2) is 11.4. The van der Waals surface area contributed by atoms with Crippen molar-refractivity contribution in [2.75, 3.05) is 19.0 Å². The molecule has 3 aromatic carbocycles. The molecule has 0 bridgehead atoms. The predicted molar refractivity (Wildman–Crippen MR) is 143 cm³/mol. The van der Waals surface area contributed by atoms with Gasteiger partial charge in [0.25, 0.3) is 0 Å². The number of benzene rings is 3. The Hall–Kier alpha value is -4.59. The van der Waals surface area contributed by atoms with Gasteiger partial charge in [-0.3, -0.25) is 19.5 Å². The molecular weight excluding hydrogens is 468 g/mol. The topological polar surface area (TPSA) is 96.7 Å². The number of imidazole rings is 1. The molecule has 2 amide bonds. The molecule has 1 heterocycles. The van der Waals surface area contributed by atoms with E-state index in [0.29, 0.717) is 17.3 Å². The van der Waals surface area contributed by atoms with E-state index in [4.69, 9.17) is 4.74 Å². The van der Waals surface area contributed by atoms with Gasteiger partial charge in [-0.05, 0) is 43.7 Å². The highest BCUT2D eigenvalue weighted by atomic mass is 16.5. The molecule has 0 saturated carbocycles. The molecule has 0 saturated heterocycles. The second-order valence-electron chi connectivity index (χ2n) is 8.87. The van der Waals surface area contributed by atoms with Crippen molar-refractivity contribution in [1.29, 1.82) is 0 Å². The molecule has 8 heteroatoms. The zero-order chi connectivity index (χ0) is 26.4. The number of para-hydroxylation sites is 1. The van der Waals surface area contributed by atoms with E-state index in [1.165, 1.54) is 18.1 Å². The number of ether oxygens (including phenoxy) is 1. The first-order valence-corrected chi connectivity index (χ1v) is 12.0. The summed E-state index contributed by atoms with van der Waals surface area (Å²) in [6, 6.07) is 24.0. The van der Waals surface area contributed by atoms with E-state index in [2.05, 4.69) is 10.3 Å². The highest BCUT2D eigenvalue weighted by Crippen LogP contribution is 2.27. The number of phenols is 1. The van der Waals surface area contributed by atoms with Gasteiger partial charge in [0.05, 0.1) is 19.2 Å². The summed E-state index contributed by atoms with van der Waals surface area (Å²) in [5, 5.41) is 12.9. The van der Waals surface area contributed by atoms with Crippen LogP contribution >= 0.6 is 0 Å². The number of nitrogens with zero attached hydrogens (tertiary/aromatic N) is 3. The zero-order valence-corrected chi connectivity index (χ0v) is 21.1. The first kappa shape index (κ1) is 25.5. The Morgan fingerprint density at radius 3 is 2.32 bits per heavy atom. The van der Waals surface area contributed by atoms with Crippen LogP contribution < -0.4 is 10.1 Å². The lowest BCUT2D eigenvalue weighted by Crippen LogP contribution is -2.43. The van der Waals surface area contributed by atoms with E-state index < -0.39 is 0 Å². The SMILES string of the molecule is COc1ccc(CC(=O)N(CC(=O)Nc2nc(-c3ccccc3)cn2-c2ccccc2)C(C)C)cc1O. The second-order valence-corrected chi connectivity index (χ2v) is 8.87. The van der Waals surface area contributed by atoms with Gasteiger partial charge >= 0.3 is 0 Å². The Labute approximate surface area is 216 Å².